The minimum atomic E-state index is -4.40. The number of nitrogens with one attached hydrogen (secondary N) is 1. The average molecular weight is 396 g/mol. The normalized spacial score (nSPS) is 17.6. The van der Waals surface area contributed by atoms with Gasteiger partial charge >= 0.3 is 6.18 Å². The number of pyridine rings is 2. The van der Waals surface area contributed by atoms with Crippen LogP contribution in [0.15, 0.2) is 41.7 Å². The fourth-order valence-corrected chi connectivity index (χ4v) is 3.58. The van der Waals surface area contributed by atoms with Crippen LogP contribution in [-0.4, -0.2) is 41.3 Å². The number of amides is 1. The third-order valence-electron chi connectivity index (χ3n) is 4.36. The number of carbonyl (C=O) groups excluding carboxylic acids is 1. The molecule has 0 saturated carbocycles. The number of halogens is 3. The highest BCUT2D eigenvalue weighted by Gasteiger charge is 2.31. The lowest BCUT2D eigenvalue weighted by Crippen LogP contribution is -2.48. The van der Waals surface area contributed by atoms with E-state index in [9.17, 15) is 18.0 Å². The Morgan fingerprint density at radius 1 is 1.30 bits per heavy atom. The molecule has 3 rings (SSSR count). The topological polar surface area (TPSA) is 58.1 Å². The Morgan fingerprint density at radius 3 is 2.78 bits per heavy atom. The maximum Gasteiger partial charge on any atom is 0.417 e. The number of carbonyl (C=O) groups is 1. The zero-order valence-electron chi connectivity index (χ0n) is 14.7. The maximum absolute atomic E-state index is 12.7. The van der Waals surface area contributed by atoms with Crippen molar-refractivity contribution in [1.82, 2.24) is 15.3 Å². The van der Waals surface area contributed by atoms with Crippen LogP contribution < -0.4 is 10.2 Å². The van der Waals surface area contributed by atoms with Crippen LogP contribution in [0.3, 0.4) is 0 Å². The van der Waals surface area contributed by atoms with Gasteiger partial charge in [-0.05, 0) is 43.4 Å². The molecule has 1 N–H and O–H groups in total. The highest BCUT2D eigenvalue weighted by atomic mass is 32.2. The second-order valence-corrected chi connectivity index (χ2v) is 7.02. The lowest BCUT2D eigenvalue weighted by Gasteiger charge is -2.34. The van der Waals surface area contributed by atoms with Crippen LogP contribution in [0.25, 0.3) is 0 Å². The van der Waals surface area contributed by atoms with E-state index in [0.29, 0.717) is 29.5 Å². The van der Waals surface area contributed by atoms with E-state index in [4.69, 9.17) is 0 Å². The van der Waals surface area contributed by atoms with Crippen LogP contribution in [-0.2, 0) is 6.18 Å². The highest BCUT2D eigenvalue weighted by molar-refractivity contribution is 7.98. The minimum Gasteiger partial charge on any atom is -0.355 e. The molecule has 2 aromatic heterocycles. The summed E-state index contributed by atoms with van der Waals surface area (Å²) < 4.78 is 38.0. The van der Waals surface area contributed by atoms with Gasteiger partial charge in [0, 0.05) is 31.5 Å². The van der Waals surface area contributed by atoms with Crippen molar-refractivity contribution in [3.05, 3.63) is 47.8 Å². The quantitative estimate of drug-likeness (QED) is 0.800. The third kappa shape index (κ3) is 4.71. The SMILES string of the molecule is CSc1ncccc1C(=O)N[C@H]1CCCN(c2ccc(C(F)(F)F)cn2)C1. The van der Waals surface area contributed by atoms with E-state index in [1.165, 1.54) is 17.8 Å². The molecular formula is C18H19F3N4OS. The van der Waals surface area contributed by atoms with Gasteiger partial charge in [0.1, 0.15) is 10.8 Å². The van der Waals surface area contributed by atoms with Gasteiger partial charge in [-0.3, -0.25) is 4.79 Å². The van der Waals surface area contributed by atoms with E-state index in [0.717, 1.165) is 25.1 Å². The van der Waals surface area contributed by atoms with Gasteiger partial charge in [0.15, 0.2) is 0 Å². The predicted octanol–water partition coefficient (Wildman–Crippen LogP) is 3.62. The Hall–Kier alpha value is -2.29. The summed E-state index contributed by atoms with van der Waals surface area (Å²) in [6.45, 7) is 1.19. The molecule has 5 nitrogen and oxygen atoms in total. The smallest absolute Gasteiger partial charge is 0.355 e. The largest absolute Gasteiger partial charge is 0.417 e. The van der Waals surface area contributed by atoms with Crippen LogP contribution >= 0.6 is 11.8 Å². The van der Waals surface area contributed by atoms with Gasteiger partial charge in [0.05, 0.1) is 11.1 Å². The van der Waals surface area contributed by atoms with Gasteiger partial charge in [0.25, 0.3) is 5.91 Å². The van der Waals surface area contributed by atoms with E-state index in [-0.39, 0.29) is 11.9 Å². The number of nitrogens with zero attached hydrogens (tertiary/aromatic N) is 3. The fraction of sp³-hybridized carbons (Fsp3) is 0.389. The molecule has 1 saturated heterocycles. The van der Waals surface area contributed by atoms with Gasteiger partial charge in [-0.2, -0.15) is 13.2 Å². The van der Waals surface area contributed by atoms with Crippen molar-refractivity contribution in [3.8, 4) is 0 Å². The highest BCUT2D eigenvalue weighted by Crippen LogP contribution is 2.29. The van der Waals surface area contributed by atoms with E-state index in [1.807, 2.05) is 11.2 Å². The maximum atomic E-state index is 12.7. The predicted molar refractivity (Wildman–Crippen MR) is 98.0 cm³/mol. The van der Waals surface area contributed by atoms with Crippen LogP contribution in [0.1, 0.15) is 28.8 Å². The van der Waals surface area contributed by atoms with Crippen molar-refractivity contribution in [2.45, 2.75) is 30.1 Å². The molecule has 2 aromatic rings. The zero-order valence-corrected chi connectivity index (χ0v) is 15.5. The lowest BCUT2D eigenvalue weighted by atomic mass is 10.0. The number of piperidine rings is 1. The number of anilines is 1. The van der Waals surface area contributed by atoms with Crippen LogP contribution in [0.2, 0.25) is 0 Å². The number of thioether (sulfide) groups is 1. The fourth-order valence-electron chi connectivity index (χ4n) is 3.03. The number of hydrogen-bond acceptors (Lipinski definition) is 5. The summed E-state index contributed by atoms with van der Waals surface area (Å²) in [5.41, 5.74) is -0.246. The van der Waals surface area contributed by atoms with Crippen molar-refractivity contribution in [1.29, 1.82) is 0 Å². The van der Waals surface area contributed by atoms with Gasteiger partial charge in [-0.15, -0.1) is 11.8 Å². The second-order valence-electron chi connectivity index (χ2n) is 6.22. The van der Waals surface area contributed by atoms with E-state index >= 15 is 0 Å². The molecule has 144 valence electrons. The molecule has 3 heterocycles. The molecule has 0 unspecified atom stereocenters. The first-order valence-electron chi connectivity index (χ1n) is 8.46. The summed E-state index contributed by atoms with van der Waals surface area (Å²) in [5.74, 6) is 0.285. The molecule has 0 bridgehead atoms. The van der Waals surface area contributed by atoms with E-state index in [1.54, 1.807) is 18.3 Å². The molecule has 0 radical (unpaired) electrons. The van der Waals surface area contributed by atoms with E-state index < -0.39 is 11.7 Å². The molecule has 27 heavy (non-hydrogen) atoms. The first-order chi connectivity index (χ1) is 12.9. The Bertz CT molecular complexity index is 798. The molecule has 0 aliphatic carbocycles. The molecule has 1 amide bonds. The first-order valence-corrected chi connectivity index (χ1v) is 9.69. The molecule has 1 aliphatic heterocycles. The van der Waals surface area contributed by atoms with Crippen molar-refractivity contribution in [2.75, 3.05) is 24.2 Å². The molecule has 1 aliphatic rings. The monoisotopic (exact) mass is 396 g/mol. The van der Waals surface area contributed by atoms with Crippen molar-refractivity contribution in [3.63, 3.8) is 0 Å². The first kappa shape index (κ1) is 19.5. The second kappa shape index (κ2) is 8.16. The standard InChI is InChI=1S/C18H19F3N4OS/c1-27-17-14(5-2-8-22-17)16(26)24-13-4-3-9-25(11-13)15-7-6-12(10-23-15)18(19,20)21/h2,5-8,10,13H,3-4,9,11H2,1H3,(H,24,26)/t13-/m0/s1. The van der Waals surface area contributed by atoms with Crippen LogP contribution in [0.5, 0.6) is 0 Å². The van der Waals surface area contributed by atoms with Crippen LogP contribution in [0, 0.1) is 0 Å². The van der Waals surface area contributed by atoms with Gasteiger partial charge < -0.3 is 10.2 Å². The average Bonchev–Trinajstić information content (AvgIpc) is 2.67. The number of rotatable bonds is 4. The Labute approximate surface area is 159 Å². The molecule has 0 aromatic carbocycles. The lowest BCUT2D eigenvalue weighted by molar-refractivity contribution is -0.137. The number of hydrogen-bond donors (Lipinski definition) is 1. The van der Waals surface area contributed by atoms with Gasteiger partial charge in [-0.1, -0.05) is 0 Å². The zero-order chi connectivity index (χ0) is 19.4. The molecule has 9 heteroatoms. The van der Waals surface area contributed by atoms with Gasteiger partial charge in [0.2, 0.25) is 0 Å². The van der Waals surface area contributed by atoms with Gasteiger partial charge in [-0.25, -0.2) is 9.97 Å². The Balaban J connectivity index is 1.66. The minimum absolute atomic E-state index is 0.106. The summed E-state index contributed by atoms with van der Waals surface area (Å²) in [6.07, 6.45) is 1.56. The van der Waals surface area contributed by atoms with E-state index in [2.05, 4.69) is 15.3 Å². The number of aromatic nitrogens is 2. The Morgan fingerprint density at radius 2 is 2.11 bits per heavy atom. The molecule has 1 atom stereocenters. The molecule has 0 spiro atoms. The summed E-state index contributed by atoms with van der Waals surface area (Å²) >= 11 is 1.40. The molecular weight excluding hydrogens is 377 g/mol. The summed E-state index contributed by atoms with van der Waals surface area (Å²) in [7, 11) is 0. The van der Waals surface area contributed by atoms with Crippen molar-refractivity contribution < 1.29 is 18.0 Å². The molecule has 1 fully saturated rings. The summed E-state index contributed by atoms with van der Waals surface area (Å²) in [4.78, 5) is 22.6. The summed E-state index contributed by atoms with van der Waals surface area (Å²) in [6, 6.07) is 5.75. The Kier molecular flexibility index (Phi) is 5.88. The van der Waals surface area contributed by atoms with Crippen molar-refractivity contribution in [2.24, 2.45) is 0 Å². The van der Waals surface area contributed by atoms with Crippen LogP contribution in [0.4, 0.5) is 19.0 Å². The number of alkyl halides is 3. The third-order valence-corrected chi connectivity index (χ3v) is 5.08. The summed E-state index contributed by atoms with van der Waals surface area (Å²) in [5, 5.41) is 3.66. The van der Waals surface area contributed by atoms with Crippen molar-refractivity contribution >= 4 is 23.5 Å².